The minimum absolute atomic E-state index is 0.121. The highest BCUT2D eigenvalue weighted by atomic mass is 32.2. The van der Waals surface area contributed by atoms with Gasteiger partial charge in [-0.3, -0.25) is 4.79 Å². The standard InChI is InChI=1S/C23H20N2O2S/c1-14-5-4-6-15(2)21(14)24-23-25-22(26)20(28-23)12-16-7-8-18-13-19(27-3)10-9-17(18)11-16/h4-13H,1-3H3,(H,24,25,26)/b20-12-. The Bertz CT molecular complexity index is 1130. The molecule has 3 aromatic rings. The van der Waals surface area contributed by atoms with Crippen LogP contribution in [0.5, 0.6) is 5.75 Å². The van der Waals surface area contributed by atoms with E-state index in [4.69, 9.17) is 4.74 Å². The van der Waals surface area contributed by atoms with Crippen LogP contribution < -0.4 is 10.1 Å². The lowest BCUT2D eigenvalue weighted by atomic mass is 10.1. The lowest BCUT2D eigenvalue weighted by Crippen LogP contribution is -2.19. The Morgan fingerprint density at radius 2 is 1.71 bits per heavy atom. The highest BCUT2D eigenvalue weighted by Crippen LogP contribution is 2.31. The van der Waals surface area contributed by atoms with Gasteiger partial charge in [0.25, 0.3) is 5.91 Å². The molecule has 1 N–H and O–H groups in total. The molecule has 140 valence electrons. The van der Waals surface area contributed by atoms with Crippen LogP contribution in [0.15, 0.2) is 64.5 Å². The van der Waals surface area contributed by atoms with Crippen molar-refractivity contribution in [3.8, 4) is 5.75 Å². The Morgan fingerprint density at radius 1 is 1.00 bits per heavy atom. The van der Waals surface area contributed by atoms with Crippen LogP contribution in [0.25, 0.3) is 16.8 Å². The summed E-state index contributed by atoms with van der Waals surface area (Å²) in [5.41, 5.74) is 4.06. The first kappa shape index (κ1) is 18.3. The third kappa shape index (κ3) is 3.66. The van der Waals surface area contributed by atoms with Gasteiger partial charge in [0.05, 0.1) is 17.7 Å². The number of hydrogen-bond donors (Lipinski definition) is 1. The molecule has 0 atom stereocenters. The van der Waals surface area contributed by atoms with E-state index in [0.29, 0.717) is 10.1 Å². The number of aliphatic imine (C=N–C) groups is 1. The number of aryl methyl sites for hydroxylation is 2. The molecule has 4 nitrogen and oxygen atoms in total. The van der Waals surface area contributed by atoms with Gasteiger partial charge in [0.15, 0.2) is 5.17 Å². The number of rotatable bonds is 3. The lowest BCUT2D eigenvalue weighted by Gasteiger charge is -2.04. The maximum atomic E-state index is 12.4. The number of ether oxygens (including phenoxy) is 1. The highest BCUT2D eigenvalue weighted by Gasteiger charge is 2.24. The maximum Gasteiger partial charge on any atom is 0.264 e. The predicted molar refractivity (Wildman–Crippen MR) is 117 cm³/mol. The number of thioether (sulfide) groups is 1. The minimum Gasteiger partial charge on any atom is -0.497 e. The number of benzene rings is 3. The fourth-order valence-corrected chi connectivity index (χ4v) is 4.00. The summed E-state index contributed by atoms with van der Waals surface area (Å²) in [6, 6.07) is 18.1. The van der Waals surface area contributed by atoms with E-state index in [0.717, 1.165) is 38.9 Å². The molecule has 0 saturated carbocycles. The fraction of sp³-hybridized carbons (Fsp3) is 0.130. The van der Waals surface area contributed by atoms with E-state index in [1.54, 1.807) is 7.11 Å². The van der Waals surface area contributed by atoms with Crippen LogP contribution in [0.2, 0.25) is 0 Å². The summed E-state index contributed by atoms with van der Waals surface area (Å²) in [6.45, 7) is 4.04. The van der Waals surface area contributed by atoms with E-state index >= 15 is 0 Å². The molecule has 1 heterocycles. The molecule has 1 aliphatic heterocycles. The Hall–Kier alpha value is -3.05. The second-order valence-corrected chi connectivity index (χ2v) is 7.73. The maximum absolute atomic E-state index is 12.4. The number of fused-ring (bicyclic) bond motifs is 1. The van der Waals surface area contributed by atoms with Crippen molar-refractivity contribution in [2.45, 2.75) is 13.8 Å². The van der Waals surface area contributed by atoms with Crippen molar-refractivity contribution in [2.24, 2.45) is 4.99 Å². The average Bonchev–Trinajstić information content (AvgIpc) is 3.03. The molecule has 0 bridgehead atoms. The van der Waals surface area contributed by atoms with Crippen molar-refractivity contribution in [2.75, 3.05) is 7.11 Å². The quantitative estimate of drug-likeness (QED) is 0.615. The topological polar surface area (TPSA) is 50.7 Å². The molecule has 1 amide bonds. The van der Waals surface area contributed by atoms with Crippen molar-refractivity contribution < 1.29 is 9.53 Å². The van der Waals surface area contributed by atoms with E-state index in [2.05, 4.69) is 16.4 Å². The van der Waals surface area contributed by atoms with Crippen LogP contribution >= 0.6 is 11.8 Å². The molecule has 0 unspecified atom stereocenters. The molecule has 0 aliphatic carbocycles. The number of nitrogens with zero attached hydrogens (tertiary/aromatic N) is 1. The van der Waals surface area contributed by atoms with Crippen LogP contribution in [-0.4, -0.2) is 18.2 Å². The molecule has 0 spiro atoms. The number of carbonyl (C=O) groups is 1. The molecule has 3 aromatic carbocycles. The largest absolute Gasteiger partial charge is 0.497 e. The number of para-hydroxylation sites is 1. The number of amides is 1. The third-order valence-corrected chi connectivity index (χ3v) is 5.58. The van der Waals surface area contributed by atoms with Crippen molar-refractivity contribution >= 4 is 45.4 Å². The number of nitrogens with one attached hydrogen (secondary N) is 1. The molecule has 5 heteroatoms. The summed E-state index contributed by atoms with van der Waals surface area (Å²) in [4.78, 5) is 17.7. The number of hydrogen-bond acceptors (Lipinski definition) is 4. The summed E-state index contributed by atoms with van der Waals surface area (Å²) in [7, 11) is 1.66. The van der Waals surface area contributed by atoms with Gasteiger partial charge in [-0.1, -0.05) is 36.4 Å². The van der Waals surface area contributed by atoms with E-state index in [1.807, 2.05) is 68.5 Å². The third-order valence-electron chi connectivity index (χ3n) is 4.67. The van der Waals surface area contributed by atoms with Gasteiger partial charge in [0.2, 0.25) is 0 Å². The lowest BCUT2D eigenvalue weighted by molar-refractivity contribution is -0.115. The first-order chi connectivity index (χ1) is 13.5. The van der Waals surface area contributed by atoms with Crippen LogP contribution in [0.1, 0.15) is 16.7 Å². The number of methoxy groups -OCH3 is 1. The normalized spacial score (nSPS) is 16.8. The van der Waals surface area contributed by atoms with Gasteiger partial charge in [0.1, 0.15) is 5.75 Å². The molecule has 0 radical (unpaired) electrons. The summed E-state index contributed by atoms with van der Waals surface area (Å²) in [6.07, 6.45) is 1.90. The Morgan fingerprint density at radius 3 is 2.46 bits per heavy atom. The van der Waals surface area contributed by atoms with E-state index in [-0.39, 0.29) is 5.91 Å². The predicted octanol–water partition coefficient (Wildman–Crippen LogP) is 5.36. The zero-order valence-corrected chi connectivity index (χ0v) is 16.8. The van der Waals surface area contributed by atoms with Gasteiger partial charge in [-0.2, -0.15) is 0 Å². The van der Waals surface area contributed by atoms with Gasteiger partial charge < -0.3 is 10.1 Å². The van der Waals surface area contributed by atoms with Gasteiger partial charge >= 0.3 is 0 Å². The molecular formula is C23H20N2O2S. The summed E-state index contributed by atoms with van der Waals surface area (Å²) >= 11 is 1.37. The first-order valence-electron chi connectivity index (χ1n) is 8.97. The van der Waals surface area contributed by atoms with Gasteiger partial charge in [-0.15, -0.1) is 0 Å². The Labute approximate surface area is 168 Å². The summed E-state index contributed by atoms with van der Waals surface area (Å²) < 4.78 is 5.27. The zero-order valence-electron chi connectivity index (χ0n) is 15.9. The van der Waals surface area contributed by atoms with E-state index in [1.165, 1.54) is 11.8 Å². The first-order valence-corrected chi connectivity index (χ1v) is 9.79. The van der Waals surface area contributed by atoms with Crippen molar-refractivity contribution in [3.05, 3.63) is 76.2 Å². The van der Waals surface area contributed by atoms with Crippen LogP contribution in [0.4, 0.5) is 5.69 Å². The van der Waals surface area contributed by atoms with Gasteiger partial charge in [0, 0.05) is 0 Å². The monoisotopic (exact) mass is 388 g/mol. The Balaban J connectivity index is 1.63. The second kappa shape index (κ2) is 7.52. The molecule has 1 aliphatic rings. The van der Waals surface area contributed by atoms with Gasteiger partial charge in [-0.25, -0.2) is 4.99 Å². The smallest absolute Gasteiger partial charge is 0.264 e. The SMILES string of the molecule is COc1ccc2cc(/C=C3\SC(=Nc4c(C)cccc4C)NC3=O)ccc2c1. The number of carbonyl (C=O) groups excluding carboxylic acids is 1. The molecule has 0 aromatic heterocycles. The summed E-state index contributed by atoms with van der Waals surface area (Å²) in [5.74, 6) is 0.710. The molecule has 28 heavy (non-hydrogen) atoms. The van der Waals surface area contributed by atoms with Crippen LogP contribution in [0.3, 0.4) is 0 Å². The van der Waals surface area contributed by atoms with Gasteiger partial charge in [-0.05, 0) is 77.3 Å². The van der Waals surface area contributed by atoms with Crippen molar-refractivity contribution in [3.63, 3.8) is 0 Å². The van der Waals surface area contributed by atoms with Crippen LogP contribution in [0, 0.1) is 13.8 Å². The second-order valence-electron chi connectivity index (χ2n) is 6.69. The molecule has 1 fully saturated rings. The average molecular weight is 388 g/mol. The molecular weight excluding hydrogens is 368 g/mol. The molecule has 4 rings (SSSR count). The highest BCUT2D eigenvalue weighted by molar-refractivity contribution is 8.18. The van der Waals surface area contributed by atoms with E-state index < -0.39 is 0 Å². The summed E-state index contributed by atoms with van der Waals surface area (Å²) in [5, 5.41) is 5.68. The minimum atomic E-state index is -0.121. The molecule has 1 saturated heterocycles. The van der Waals surface area contributed by atoms with Crippen molar-refractivity contribution in [1.82, 2.24) is 5.32 Å². The van der Waals surface area contributed by atoms with E-state index in [9.17, 15) is 4.79 Å². The van der Waals surface area contributed by atoms with Crippen LogP contribution in [-0.2, 0) is 4.79 Å². The van der Waals surface area contributed by atoms with Crippen molar-refractivity contribution in [1.29, 1.82) is 0 Å². The number of amidine groups is 1. The zero-order chi connectivity index (χ0) is 19.7. The fourth-order valence-electron chi connectivity index (χ4n) is 3.17. The Kier molecular flexibility index (Phi) is 4.92.